The molecule has 18 heavy (non-hydrogen) atoms. The third kappa shape index (κ3) is 2.43. The van der Waals surface area contributed by atoms with E-state index in [-0.39, 0.29) is 35.8 Å². The Kier molecular flexibility index (Phi) is 3.19. The quantitative estimate of drug-likeness (QED) is 0.302. The largest absolute Gasteiger partial charge is 0.359 e. The average molecular weight is 253 g/mol. The van der Waals surface area contributed by atoms with Gasteiger partial charge in [0, 0.05) is 13.0 Å². The number of hydrazine groups is 1. The van der Waals surface area contributed by atoms with Crippen molar-refractivity contribution < 1.29 is 9.72 Å². The van der Waals surface area contributed by atoms with Crippen molar-refractivity contribution >= 4 is 23.4 Å². The second-order valence-corrected chi connectivity index (χ2v) is 3.68. The van der Waals surface area contributed by atoms with Gasteiger partial charge in [0.15, 0.2) is 0 Å². The Morgan fingerprint density at radius 1 is 1.61 bits per heavy atom. The first-order chi connectivity index (χ1) is 8.60. The monoisotopic (exact) mass is 253 g/mol. The van der Waals surface area contributed by atoms with E-state index in [1.54, 1.807) is 0 Å². The molecule has 0 radical (unpaired) electrons. The van der Waals surface area contributed by atoms with Crippen molar-refractivity contribution in [2.24, 2.45) is 5.84 Å². The Morgan fingerprint density at radius 3 is 2.94 bits per heavy atom. The van der Waals surface area contributed by atoms with Gasteiger partial charge in [-0.3, -0.25) is 20.3 Å². The summed E-state index contributed by atoms with van der Waals surface area (Å²) in [5, 5.41) is 16.2. The van der Waals surface area contributed by atoms with Crippen molar-refractivity contribution in [3.8, 4) is 0 Å². The first-order valence-corrected chi connectivity index (χ1v) is 5.11. The molecule has 2 rings (SSSR count). The Labute approximate surface area is 101 Å². The first-order valence-electron chi connectivity index (χ1n) is 5.11. The van der Waals surface area contributed by atoms with Crippen LogP contribution in [0, 0.1) is 10.1 Å². The van der Waals surface area contributed by atoms with Crippen LogP contribution in [0.25, 0.3) is 0 Å². The van der Waals surface area contributed by atoms with Crippen molar-refractivity contribution in [2.45, 2.75) is 12.5 Å². The number of nitrogens with zero attached hydrogens (tertiary/aromatic N) is 3. The number of hydrogen-bond donors (Lipinski definition) is 4. The molecule has 10 heteroatoms. The number of carbonyl (C=O) groups excluding carboxylic acids is 1. The number of hydrogen-bond acceptors (Lipinski definition) is 8. The maximum atomic E-state index is 11.0. The molecule has 1 atom stereocenters. The fourth-order valence-corrected chi connectivity index (χ4v) is 1.59. The number of nitrogens with two attached hydrogens (primary N) is 1. The van der Waals surface area contributed by atoms with Crippen LogP contribution >= 0.6 is 0 Å². The second-order valence-electron chi connectivity index (χ2n) is 3.68. The SMILES string of the molecule is NNc1ncc([N+](=O)[O-])c(NC2CNC(=O)C2)n1. The van der Waals surface area contributed by atoms with Gasteiger partial charge in [-0.1, -0.05) is 0 Å². The van der Waals surface area contributed by atoms with Crippen LogP contribution < -0.4 is 21.9 Å². The predicted octanol–water partition coefficient (Wildman–Crippen LogP) is -1.03. The molecular formula is C8H11N7O3. The van der Waals surface area contributed by atoms with Crippen molar-refractivity contribution in [2.75, 3.05) is 17.3 Å². The van der Waals surface area contributed by atoms with Gasteiger partial charge in [0.2, 0.25) is 17.7 Å². The van der Waals surface area contributed by atoms with E-state index in [0.29, 0.717) is 6.54 Å². The summed E-state index contributed by atoms with van der Waals surface area (Å²) in [7, 11) is 0. The van der Waals surface area contributed by atoms with Gasteiger partial charge in [0.25, 0.3) is 0 Å². The van der Waals surface area contributed by atoms with E-state index in [4.69, 9.17) is 5.84 Å². The summed E-state index contributed by atoms with van der Waals surface area (Å²) in [4.78, 5) is 28.8. The molecule has 1 unspecified atom stereocenters. The third-order valence-corrected chi connectivity index (χ3v) is 2.41. The fourth-order valence-electron chi connectivity index (χ4n) is 1.59. The Morgan fingerprint density at radius 2 is 2.39 bits per heavy atom. The van der Waals surface area contributed by atoms with Crippen LogP contribution in [0.1, 0.15) is 6.42 Å². The van der Waals surface area contributed by atoms with Crippen LogP contribution in [-0.2, 0) is 4.79 Å². The number of nitrogen functional groups attached to an aromatic ring is 1. The number of aromatic nitrogens is 2. The predicted molar refractivity (Wildman–Crippen MR) is 61.5 cm³/mol. The molecular weight excluding hydrogens is 242 g/mol. The van der Waals surface area contributed by atoms with Crippen LogP contribution in [0.15, 0.2) is 6.20 Å². The van der Waals surface area contributed by atoms with E-state index in [1.165, 1.54) is 0 Å². The zero-order chi connectivity index (χ0) is 13.1. The molecule has 1 aromatic heterocycles. The summed E-state index contributed by atoms with van der Waals surface area (Å²) in [6.45, 7) is 0.394. The minimum absolute atomic E-state index is 0.0319. The first kappa shape index (κ1) is 12.0. The van der Waals surface area contributed by atoms with E-state index < -0.39 is 4.92 Å². The summed E-state index contributed by atoms with van der Waals surface area (Å²) in [5.41, 5.74) is 1.93. The van der Waals surface area contributed by atoms with Gasteiger partial charge in [0.1, 0.15) is 6.20 Å². The highest BCUT2D eigenvalue weighted by Crippen LogP contribution is 2.23. The van der Waals surface area contributed by atoms with Gasteiger partial charge < -0.3 is 10.6 Å². The standard InChI is InChI=1S/C8H11N7O3/c9-14-8-11-3-5(15(17)18)7(13-8)12-4-1-6(16)10-2-4/h3-4H,1-2,9H2,(H,10,16)(H2,11,12,13,14). The number of nitro groups is 1. The molecule has 0 saturated carbocycles. The minimum atomic E-state index is -0.604. The molecule has 0 spiro atoms. The molecule has 0 aromatic carbocycles. The van der Waals surface area contributed by atoms with Crippen molar-refractivity contribution in [1.29, 1.82) is 0 Å². The highest BCUT2D eigenvalue weighted by molar-refractivity contribution is 5.79. The zero-order valence-corrected chi connectivity index (χ0v) is 9.21. The molecule has 1 aromatic rings. The topological polar surface area (TPSA) is 148 Å². The summed E-state index contributed by atoms with van der Waals surface area (Å²) >= 11 is 0. The molecule has 5 N–H and O–H groups in total. The van der Waals surface area contributed by atoms with Gasteiger partial charge in [0.05, 0.1) is 11.0 Å². The van der Waals surface area contributed by atoms with E-state index in [2.05, 4.69) is 26.0 Å². The number of amides is 1. The highest BCUT2D eigenvalue weighted by atomic mass is 16.6. The van der Waals surface area contributed by atoms with Gasteiger partial charge in [-0.25, -0.2) is 10.8 Å². The normalized spacial score (nSPS) is 18.3. The highest BCUT2D eigenvalue weighted by Gasteiger charge is 2.25. The lowest BCUT2D eigenvalue weighted by Gasteiger charge is -2.11. The van der Waals surface area contributed by atoms with Crippen LogP contribution in [0.5, 0.6) is 0 Å². The number of rotatable bonds is 4. The maximum Gasteiger partial charge on any atom is 0.329 e. The molecule has 10 nitrogen and oxygen atoms in total. The van der Waals surface area contributed by atoms with Gasteiger partial charge >= 0.3 is 5.69 Å². The maximum absolute atomic E-state index is 11.0. The van der Waals surface area contributed by atoms with Gasteiger partial charge in [-0.2, -0.15) is 4.98 Å². The molecule has 1 aliphatic heterocycles. The molecule has 96 valence electrons. The van der Waals surface area contributed by atoms with Crippen LogP contribution in [0.2, 0.25) is 0 Å². The lowest BCUT2D eigenvalue weighted by atomic mass is 10.2. The van der Waals surface area contributed by atoms with E-state index >= 15 is 0 Å². The summed E-state index contributed by atoms with van der Waals surface area (Å²) in [5.74, 6) is 5.11. The van der Waals surface area contributed by atoms with Crippen molar-refractivity contribution in [1.82, 2.24) is 15.3 Å². The molecule has 1 saturated heterocycles. The minimum Gasteiger partial charge on any atom is -0.359 e. The smallest absolute Gasteiger partial charge is 0.329 e. The fraction of sp³-hybridized carbons (Fsp3) is 0.375. The number of anilines is 2. The Bertz CT molecular complexity index is 492. The Balaban J connectivity index is 2.23. The average Bonchev–Trinajstić information content (AvgIpc) is 2.74. The summed E-state index contributed by atoms with van der Waals surface area (Å²) in [6.07, 6.45) is 1.29. The molecule has 0 bridgehead atoms. The molecule has 1 fully saturated rings. The number of carbonyl (C=O) groups is 1. The van der Waals surface area contributed by atoms with Gasteiger partial charge in [-0.15, -0.1) is 0 Å². The van der Waals surface area contributed by atoms with E-state index in [0.717, 1.165) is 6.20 Å². The van der Waals surface area contributed by atoms with E-state index in [1.807, 2.05) is 0 Å². The second kappa shape index (κ2) is 4.79. The van der Waals surface area contributed by atoms with E-state index in [9.17, 15) is 14.9 Å². The van der Waals surface area contributed by atoms with Crippen LogP contribution in [0.3, 0.4) is 0 Å². The lowest BCUT2D eigenvalue weighted by Crippen LogP contribution is -2.24. The van der Waals surface area contributed by atoms with Crippen molar-refractivity contribution in [3.63, 3.8) is 0 Å². The number of nitrogens with one attached hydrogen (secondary N) is 3. The van der Waals surface area contributed by atoms with Crippen LogP contribution in [0.4, 0.5) is 17.5 Å². The lowest BCUT2D eigenvalue weighted by molar-refractivity contribution is -0.384. The summed E-state index contributed by atoms with van der Waals surface area (Å²) in [6, 6.07) is -0.239. The summed E-state index contributed by atoms with van der Waals surface area (Å²) < 4.78 is 0. The molecule has 2 heterocycles. The molecule has 1 amide bonds. The Hall–Kier alpha value is -2.49. The van der Waals surface area contributed by atoms with Crippen LogP contribution in [-0.4, -0.2) is 33.4 Å². The van der Waals surface area contributed by atoms with Crippen molar-refractivity contribution in [3.05, 3.63) is 16.3 Å². The molecule has 0 aliphatic carbocycles. The third-order valence-electron chi connectivity index (χ3n) is 2.41. The zero-order valence-electron chi connectivity index (χ0n) is 9.21. The van der Waals surface area contributed by atoms with Gasteiger partial charge in [-0.05, 0) is 0 Å². The molecule has 1 aliphatic rings.